The highest BCUT2D eigenvalue weighted by molar-refractivity contribution is 5.31. The van der Waals surface area contributed by atoms with E-state index in [4.69, 9.17) is 5.73 Å². The molecule has 1 atom stereocenters. The molecule has 2 nitrogen and oxygen atoms in total. The zero-order valence-electron chi connectivity index (χ0n) is 8.70. The monoisotopic (exact) mass is 238 g/mol. The highest BCUT2D eigenvalue weighted by atomic mass is 19.2. The summed E-state index contributed by atoms with van der Waals surface area (Å²) in [4.78, 5) is 3.59. The molecule has 0 saturated heterocycles. The molecule has 0 radical (unpaired) electrons. The van der Waals surface area contributed by atoms with E-state index in [2.05, 4.69) is 4.98 Å². The highest BCUT2D eigenvalue weighted by Gasteiger charge is 2.15. The summed E-state index contributed by atoms with van der Waals surface area (Å²) in [6, 6.07) is 3.79. The highest BCUT2D eigenvalue weighted by Crippen LogP contribution is 2.22. The fourth-order valence-electron chi connectivity index (χ4n) is 1.52. The van der Waals surface area contributed by atoms with Crippen LogP contribution in [0.3, 0.4) is 0 Å². The molecule has 0 aliphatic heterocycles. The van der Waals surface area contributed by atoms with Gasteiger partial charge in [0.05, 0.1) is 12.2 Å². The third kappa shape index (κ3) is 2.29. The molecule has 2 aromatic rings. The van der Waals surface area contributed by atoms with Gasteiger partial charge in [0.1, 0.15) is 5.82 Å². The molecule has 1 heterocycles. The molecular formula is C12H9F3N2. The summed E-state index contributed by atoms with van der Waals surface area (Å²) < 4.78 is 39.2. The van der Waals surface area contributed by atoms with Gasteiger partial charge in [-0.1, -0.05) is 6.07 Å². The SMILES string of the molecule is NC(c1ccc(F)c(F)c1)c1ccncc1F. The Bertz CT molecular complexity index is 543. The van der Waals surface area contributed by atoms with Crippen LogP contribution in [0.2, 0.25) is 0 Å². The average molecular weight is 238 g/mol. The van der Waals surface area contributed by atoms with Crippen molar-refractivity contribution >= 4 is 0 Å². The minimum atomic E-state index is -1.01. The van der Waals surface area contributed by atoms with E-state index in [1.165, 1.54) is 18.3 Å². The molecule has 0 amide bonds. The molecule has 0 aliphatic rings. The number of rotatable bonds is 2. The van der Waals surface area contributed by atoms with Crippen LogP contribution in [0.5, 0.6) is 0 Å². The second kappa shape index (κ2) is 4.55. The molecular weight excluding hydrogens is 229 g/mol. The van der Waals surface area contributed by atoms with Crippen molar-refractivity contribution in [3.63, 3.8) is 0 Å². The summed E-state index contributed by atoms with van der Waals surface area (Å²) in [6.07, 6.45) is 2.41. The van der Waals surface area contributed by atoms with E-state index in [1.54, 1.807) is 0 Å². The summed E-state index contributed by atoms with van der Waals surface area (Å²) in [7, 11) is 0. The third-order valence-corrected chi connectivity index (χ3v) is 2.44. The first-order chi connectivity index (χ1) is 8.09. The predicted molar refractivity (Wildman–Crippen MR) is 56.6 cm³/mol. The Morgan fingerprint density at radius 1 is 1.00 bits per heavy atom. The van der Waals surface area contributed by atoms with Gasteiger partial charge in [-0.2, -0.15) is 0 Å². The van der Waals surface area contributed by atoms with Gasteiger partial charge in [-0.15, -0.1) is 0 Å². The van der Waals surface area contributed by atoms with Crippen LogP contribution in [0.1, 0.15) is 17.2 Å². The topological polar surface area (TPSA) is 38.9 Å². The van der Waals surface area contributed by atoms with Crippen molar-refractivity contribution in [2.24, 2.45) is 5.73 Å². The van der Waals surface area contributed by atoms with E-state index in [1.807, 2.05) is 0 Å². The first-order valence-electron chi connectivity index (χ1n) is 4.89. The van der Waals surface area contributed by atoms with Gasteiger partial charge >= 0.3 is 0 Å². The molecule has 1 aromatic carbocycles. The minimum absolute atomic E-state index is 0.186. The van der Waals surface area contributed by atoms with Crippen molar-refractivity contribution in [3.05, 3.63) is 65.2 Å². The van der Waals surface area contributed by atoms with Gasteiger partial charge in [-0.3, -0.25) is 4.98 Å². The lowest BCUT2D eigenvalue weighted by Gasteiger charge is -2.13. The van der Waals surface area contributed by atoms with E-state index in [-0.39, 0.29) is 5.56 Å². The Morgan fingerprint density at radius 2 is 1.76 bits per heavy atom. The normalized spacial score (nSPS) is 12.5. The molecule has 0 aliphatic carbocycles. The van der Waals surface area contributed by atoms with Crippen LogP contribution in [-0.4, -0.2) is 4.98 Å². The van der Waals surface area contributed by atoms with Gasteiger partial charge in [0, 0.05) is 11.8 Å². The first kappa shape index (κ1) is 11.6. The Labute approximate surface area is 95.9 Å². The molecule has 5 heteroatoms. The Hall–Kier alpha value is -1.88. The second-order valence-electron chi connectivity index (χ2n) is 3.55. The van der Waals surface area contributed by atoms with Crippen molar-refractivity contribution < 1.29 is 13.2 Å². The number of hydrogen-bond donors (Lipinski definition) is 1. The Morgan fingerprint density at radius 3 is 2.41 bits per heavy atom. The second-order valence-corrected chi connectivity index (χ2v) is 3.55. The zero-order valence-corrected chi connectivity index (χ0v) is 8.70. The van der Waals surface area contributed by atoms with E-state index >= 15 is 0 Å². The van der Waals surface area contributed by atoms with Crippen molar-refractivity contribution in [2.45, 2.75) is 6.04 Å². The molecule has 1 unspecified atom stereocenters. The van der Waals surface area contributed by atoms with Crippen molar-refractivity contribution in [1.29, 1.82) is 0 Å². The molecule has 88 valence electrons. The maximum atomic E-state index is 13.4. The summed E-state index contributed by atoms with van der Waals surface area (Å²) in [5.41, 5.74) is 6.27. The lowest BCUT2D eigenvalue weighted by Crippen LogP contribution is -2.14. The first-order valence-corrected chi connectivity index (χ1v) is 4.89. The van der Waals surface area contributed by atoms with E-state index < -0.39 is 23.5 Å². The molecule has 0 spiro atoms. The molecule has 2 rings (SSSR count). The Balaban J connectivity index is 2.40. The largest absolute Gasteiger partial charge is 0.320 e. The molecule has 0 bridgehead atoms. The molecule has 1 aromatic heterocycles. The van der Waals surface area contributed by atoms with Crippen LogP contribution in [0.4, 0.5) is 13.2 Å². The summed E-state index contributed by atoms with van der Waals surface area (Å²) in [5, 5.41) is 0. The van der Waals surface area contributed by atoms with E-state index in [9.17, 15) is 13.2 Å². The fourth-order valence-corrected chi connectivity index (χ4v) is 1.52. The number of benzene rings is 1. The quantitative estimate of drug-likeness (QED) is 0.873. The number of nitrogens with two attached hydrogens (primary N) is 1. The lowest BCUT2D eigenvalue weighted by molar-refractivity contribution is 0.505. The number of halogens is 3. The van der Waals surface area contributed by atoms with E-state index in [0.717, 1.165) is 18.3 Å². The molecule has 0 fully saturated rings. The molecule has 2 N–H and O–H groups in total. The number of pyridine rings is 1. The average Bonchev–Trinajstić information content (AvgIpc) is 2.32. The summed E-state index contributed by atoms with van der Waals surface area (Å²) in [5.74, 6) is -2.55. The van der Waals surface area contributed by atoms with Gasteiger partial charge in [0.25, 0.3) is 0 Å². The van der Waals surface area contributed by atoms with Gasteiger partial charge in [-0.05, 0) is 23.8 Å². The summed E-state index contributed by atoms with van der Waals surface area (Å²) >= 11 is 0. The maximum Gasteiger partial charge on any atom is 0.159 e. The predicted octanol–water partition coefficient (Wildman–Crippen LogP) is 2.55. The number of aromatic nitrogens is 1. The van der Waals surface area contributed by atoms with Gasteiger partial charge in [0.2, 0.25) is 0 Å². The van der Waals surface area contributed by atoms with Crippen molar-refractivity contribution in [2.75, 3.05) is 0 Å². The smallest absolute Gasteiger partial charge is 0.159 e. The van der Waals surface area contributed by atoms with Crippen molar-refractivity contribution in [3.8, 4) is 0 Å². The lowest BCUT2D eigenvalue weighted by atomic mass is 10.00. The van der Waals surface area contributed by atoms with Crippen molar-refractivity contribution in [1.82, 2.24) is 4.98 Å². The van der Waals surface area contributed by atoms with Crippen LogP contribution < -0.4 is 5.73 Å². The molecule has 0 saturated carbocycles. The van der Waals surface area contributed by atoms with Crippen LogP contribution in [0, 0.1) is 17.5 Å². The van der Waals surface area contributed by atoms with Crippen LogP contribution >= 0.6 is 0 Å². The van der Waals surface area contributed by atoms with Gasteiger partial charge < -0.3 is 5.73 Å². The van der Waals surface area contributed by atoms with E-state index in [0.29, 0.717) is 5.56 Å². The van der Waals surface area contributed by atoms with Gasteiger partial charge in [0.15, 0.2) is 11.6 Å². The Kier molecular flexibility index (Phi) is 3.10. The van der Waals surface area contributed by atoms with Gasteiger partial charge in [-0.25, -0.2) is 13.2 Å². The molecule has 17 heavy (non-hydrogen) atoms. The number of hydrogen-bond acceptors (Lipinski definition) is 2. The summed E-state index contributed by atoms with van der Waals surface area (Å²) in [6.45, 7) is 0. The zero-order chi connectivity index (χ0) is 12.4. The number of nitrogens with zero attached hydrogens (tertiary/aromatic N) is 1. The van der Waals surface area contributed by atoms with Crippen LogP contribution in [0.25, 0.3) is 0 Å². The standard InChI is InChI=1S/C12H9F3N2/c13-9-2-1-7(5-10(9)14)12(16)8-3-4-17-6-11(8)15/h1-6,12H,16H2. The van der Waals surface area contributed by atoms with Crippen LogP contribution in [-0.2, 0) is 0 Å². The minimum Gasteiger partial charge on any atom is -0.320 e. The fraction of sp³-hybridized carbons (Fsp3) is 0.0833. The van der Waals surface area contributed by atoms with Crippen LogP contribution in [0.15, 0.2) is 36.7 Å². The third-order valence-electron chi connectivity index (χ3n) is 2.44. The maximum absolute atomic E-state index is 13.4.